The highest BCUT2D eigenvalue weighted by Crippen LogP contribution is 2.64. The van der Waals surface area contributed by atoms with E-state index in [0.717, 1.165) is 6.42 Å². The van der Waals surface area contributed by atoms with Gasteiger partial charge in [0.1, 0.15) is 11.6 Å². The number of para-hydroxylation sites is 1. The molecule has 8 heteroatoms. The summed E-state index contributed by atoms with van der Waals surface area (Å²) in [7, 11) is 0. The first-order chi connectivity index (χ1) is 21.0. The van der Waals surface area contributed by atoms with Gasteiger partial charge in [-0.2, -0.15) is 0 Å². The average Bonchev–Trinajstić information content (AvgIpc) is 3.52. The lowest BCUT2D eigenvalue weighted by Crippen LogP contribution is -2.62. The number of fused-ring (bicyclic) bond motifs is 1. The normalized spacial score (nSPS) is 28.3. The second kappa shape index (κ2) is 12.7. The number of anilines is 1. The fourth-order valence-corrected chi connectivity index (χ4v) is 8.77. The molecule has 45 heavy (non-hydrogen) atoms. The van der Waals surface area contributed by atoms with Gasteiger partial charge in [-0.05, 0) is 69.9 Å². The van der Waals surface area contributed by atoms with E-state index in [2.05, 4.69) is 47.8 Å². The molecule has 1 spiro atoms. The van der Waals surface area contributed by atoms with Crippen LogP contribution in [0.3, 0.4) is 0 Å². The van der Waals surface area contributed by atoms with Crippen molar-refractivity contribution in [3.8, 4) is 0 Å². The van der Waals surface area contributed by atoms with Gasteiger partial charge in [0.05, 0.1) is 30.1 Å². The maximum absolute atomic E-state index is 15.1. The molecule has 0 aromatic heterocycles. The van der Waals surface area contributed by atoms with E-state index in [4.69, 9.17) is 4.74 Å². The Bertz CT molecular complexity index is 1290. The van der Waals surface area contributed by atoms with Gasteiger partial charge in [0.15, 0.2) is 0 Å². The van der Waals surface area contributed by atoms with Gasteiger partial charge in [-0.15, -0.1) is 13.2 Å². The first-order valence-corrected chi connectivity index (χ1v) is 16.5. The van der Waals surface area contributed by atoms with Crippen LogP contribution >= 0.6 is 0 Å². The van der Waals surface area contributed by atoms with Crippen molar-refractivity contribution in [3.63, 3.8) is 0 Å². The maximum atomic E-state index is 15.1. The van der Waals surface area contributed by atoms with Crippen molar-refractivity contribution in [1.29, 1.82) is 0 Å². The zero-order chi connectivity index (χ0) is 33.5. The Balaban J connectivity index is 1.87. The quantitative estimate of drug-likeness (QED) is 0.290. The van der Waals surface area contributed by atoms with Crippen LogP contribution in [0, 0.1) is 23.2 Å². The third kappa shape index (κ3) is 6.25. The molecule has 0 radical (unpaired) electrons. The van der Waals surface area contributed by atoms with Crippen LogP contribution in [0.5, 0.6) is 0 Å². The Labute approximate surface area is 270 Å². The zero-order valence-corrected chi connectivity index (χ0v) is 28.7. The average molecular weight is 622 g/mol. The van der Waals surface area contributed by atoms with E-state index in [1.54, 1.807) is 22.0 Å². The Kier molecular flexibility index (Phi) is 9.83. The number of carbonyl (C=O) groups excluding carboxylic acids is 3. The molecule has 1 aromatic carbocycles. The summed E-state index contributed by atoms with van der Waals surface area (Å²) in [5.74, 6) is -2.20. The fraction of sp³-hybridized carbons (Fsp3) is 0.649. The smallest absolute Gasteiger partial charge is 0.249 e. The number of benzene rings is 1. The van der Waals surface area contributed by atoms with Crippen LogP contribution in [0.2, 0.25) is 0 Å². The minimum Gasteiger partial charge on any atom is -0.394 e. The monoisotopic (exact) mass is 621 g/mol. The second-order valence-electron chi connectivity index (χ2n) is 15.8. The lowest BCUT2D eigenvalue weighted by Gasteiger charge is -2.46. The minimum atomic E-state index is -1.19. The number of carbonyl (C=O) groups is 3. The van der Waals surface area contributed by atoms with E-state index < -0.39 is 40.7 Å². The van der Waals surface area contributed by atoms with Crippen LogP contribution in [0.25, 0.3) is 0 Å². The lowest BCUT2D eigenvalue weighted by atomic mass is 9.65. The Hall–Kier alpha value is -2.97. The molecule has 3 heterocycles. The first kappa shape index (κ1) is 34.9. The van der Waals surface area contributed by atoms with E-state index in [1.165, 1.54) is 0 Å². The summed E-state index contributed by atoms with van der Waals surface area (Å²) < 4.78 is 6.95. The topological polar surface area (TPSA) is 90.4 Å². The molecular weight excluding hydrogens is 566 g/mol. The second-order valence-corrected chi connectivity index (χ2v) is 15.8. The van der Waals surface area contributed by atoms with E-state index in [-0.39, 0.29) is 42.2 Å². The molecule has 3 aliphatic rings. The predicted octanol–water partition coefficient (Wildman–Crippen LogP) is 5.61. The molecule has 3 aliphatic heterocycles. The molecule has 1 N–H and O–H groups in total. The van der Waals surface area contributed by atoms with Gasteiger partial charge in [0, 0.05) is 24.3 Å². The number of aliphatic hydroxyl groups is 1. The third-order valence-corrected chi connectivity index (χ3v) is 9.98. The molecule has 2 unspecified atom stereocenters. The third-order valence-electron chi connectivity index (χ3n) is 9.98. The van der Waals surface area contributed by atoms with Crippen LogP contribution in [-0.4, -0.2) is 81.1 Å². The van der Waals surface area contributed by atoms with Crippen molar-refractivity contribution in [1.82, 2.24) is 9.80 Å². The van der Waals surface area contributed by atoms with Gasteiger partial charge < -0.3 is 24.5 Å². The standard InChI is InChI=1S/C37H55N3O5/c1-11-20-38(26-16-14-13-15-17-26)31(42)28-29-32(43)40(27(23-41)22-25(3)4)30(37(29)19-18-36(28,10)45-37)33(44)39(21-12-2)35(8,9)24-34(5,6)7/h11-17,25,27-30,41H,1-2,18-24H2,3-10H3/t27-,28-,29+,30?,36+,37?/m1/s1. The van der Waals surface area contributed by atoms with Gasteiger partial charge in [0.2, 0.25) is 17.7 Å². The molecule has 248 valence electrons. The molecule has 3 saturated heterocycles. The SMILES string of the molecule is C=CCN(C(=O)[C@H]1[C@H]2C(=O)N([C@@H](CO)CC(C)C)C(C(=O)N(CC=C)C(C)(C)CC(C)(C)C)C23CC[C@]1(C)O3)c1ccccc1. The lowest BCUT2D eigenvalue weighted by molar-refractivity contribution is -0.159. The summed E-state index contributed by atoms with van der Waals surface area (Å²) in [4.78, 5) is 49.7. The van der Waals surface area contributed by atoms with Crippen LogP contribution < -0.4 is 4.90 Å². The molecule has 3 fully saturated rings. The summed E-state index contributed by atoms with van der Waals surface area (Å²) in [6.07, 6.45) is 5.67. The summed E-state index contributed by atoms with van der Waals surface area (Å²) in [6.45, 7) is 24.7. The molecular formula is C37H55N3O5. The molecule has 6 atom stereocenters. The van der Waals surface area contributed by atoms with Gasteiger partial charge in [-0.25, -0.2) is 0 Å². The van der Waals surface area contributed by atoms with Crippen molar-refractivity contribution < 1.29 is 24.2 Å². The largest absolute Gasteiger partial charge is 0.394 e. The van der Waals surface area contributed by atoms with Crippen molar-refractivity contribution in [2.45, 2.75) is 110 Å². The predicted molar refractivity (Wildman–Crippen MR) is 178 cm³/mol. The molecule has 0 aliphatic carbocycles. The van der Waals surface area contributed by atoms with E-state index in [0.29, 0.717) is 31.5 Å². The van der Waals surface area contributed by atoms with Gasteiger partial charge >= 0.3 is 0 Å². The van der Waals surface area contributed by atoms with Crippen molar-refractivity contribution in [2.75, 3.05) is 24.6 Å². The Morgan fingerprint density at radius 3 is 2.22 bits per heavy atom. The highest BCUT2D eigenvalue weighted by Gasteiger charge is 2.79. The maximum Gasteiger partial charge on any atom is 0.249 e. The van der Waals surface area contributed by atoms with Gasteiger partial charge in [-0.1, -0.05) is 65.0 Å². The number of likely N-dealkylation sites (tertiary alicyclic amines) is 1. The van der Waals surface area contributed by atoms with Crippen LogP contribution in [0.1, 0.15) is 81.1 Å². The van der Waals surface area contributed by atoms with Crippen molar-refractivity contribution in [2.24, 2.45) is 23.2 Å². The number of rotatable bonds is 13. The number of ether oxygens (including phenoxy) is 1. The molecule has 2 bridgehead atoms. The Morgan fingerprint density at radius 2 is 1.69 bits per heavy atom. The molecule has 0 saturated carbocycles. The summed E-state index contributed by atoms with van der Waals surface area (Å²) >= 11 is 0. The summed E-state index contributed by atoms with van der Waals surface area (Å²) in [5, 5.41) is 10.7. The molecule has 8 nitrogen and oxygen atoms in total. The highest BCUT2D eigenvalue weighted by atomic mass is 16.5. The van der Waals surface area contributed by atoms with Crippen LogP contribution in [0.15, 0.2) is 55.6 Å². The van der Waals surface area contributed by atoms with Gasteiger partial charge in [-0.3, -0.25) is 14.4 Å². The zero-order valence-electron chi connectivity index (χ0n) is 28.7. The molecule has 3 amide bonds. The van der Waals surface area contributed by atoms with Crippen LogP contribution in [-0.2, 0) is 19.1 Å². The minimum absolute atomic E-state index is 0.0696. The fourth-order valence-electron chi connectivity index (χ4n) is 8.77. The highest BCUT2D eigenvalue weighted by molar-refractivity contribution is 6.03. The van der Waals surface area contributed by atoms with Crippen molar-refractivity contribution >= 4 is 23.4 Å². The first-order valence-electron chi connectivity index (χ1n) is 16.5. The number of nitrogens with zero attached hydrogens (tertiary/aromatic N) is 3. The Morgan fingerprint density at radius 1 is 1.07 bits per heavy atom. The number of hydrogen-bond donors (Lipinski definition) is 1. The van der Waals surface area contributed by atoms with E-state index in [9.17, 15) is 14.7 Å². The van der Waals surface area contributed by atoms with Gasteiger partial charge in [0.25, 0.3) is 0 Å². The number of aliphatic hydroxyl groups excluding tert-OH is 1. The summed E-state index contributed by atoms with van der Waals surface area (Å²) in [6, 6.07) is 7.82. The number of hydrogen-bond acceptors (Lipinski definition) is 5. The van der Waals surface area contributed by atoms with E-state index >= 15 is 4.79 Å². The van der Waals surface area contributed by atoms with Crippen molar-refractivity contribution in [3.05, 3.63) is 55.6 Å². The summed E-state index contributed by atoms with van der Waals surface area (Å²) in [5.41, 5.74) is -2.04. The molecule has 4 rings (SSSR count). The molecule has 1 aromatic rings. The van der Waals surface area contributed by atoms with E-state index in [1.807, 2.05) is 56.0 Å². The number of amides is 3. The van der Waals surface area contributed by atoms with Crippen LogP contribution in [0.4, 0.5) is 5.69 Å².